The summed E-state index contributed by atoms with van der Waals surface area (Å²) in [5, 5.41) is 3.25. The Morgan fingerprint density at radius 3 is 2.24 bits per heavy atom. The van der Waals surface area contributed by atoms with Crippen molar-refractivity contribution in [2.75, 3.05) is 21.5 Å². The van der Waals surface area contributed by atoms with E-state index in [1.165, 1.54) is 0 Å². The molecule has 0 bridgehead atoms. The fourth-order valence-corrected chi connectivity index (χ4v) is 2.44. The molecule has 0 aliphatic rings. The predicted octanol–water partition coefficient (Wildman–Crippen LogP) is 2.64. The Hall–Kier alpha value is -2.21. The van der Waals surface area contributed by atoms with Gasteiger partial charge in [-0.15, -0.1) is 0 Å². The van der Waals surface area contributed by atoms with Crippen LogP contribution in [0.25, 0.3) is 0 Å². The molecule has 0 spiro atoms. The van der Waals surface area contributed by atoms with Gasteiger partial charge >= 0.3 is 0 Å². The van der Waals surface area contributed by atoms with Crippen molar-refractivity contribution in [2.24, 2.45) is 0 Å². The van der Waals surface area contributed by atoms with Crippen LogP contribution in [0, 0.1) is 0 Å². The zero-order valence-electron chi connectivity index (χ0n) is 11.8. The number of para-hydroxylation sites is 1. The zero-order chi connectivity index (χ0) is 15.3. The summed E-state index contributed by atoms with van der Waals surface area (Å²) in [5.74, 6) is 0.0558. The van der Waals surface area contributed by atoms with Crippen molar-refractivity contribution in [3.05, 3.63) is 54.1 Å². The number of hydrogen-bond acceptors (Lipinski definition) is 4. The lowest BCUT2D eigenvalue weighted by atomic mass is 10.2. The highest BCUT2D eigenvalue weighted by Crippen LogP contribution is 2.17. The van der Waals surface area contributed by atoms with Gasteiger partial charge in [0, 0.05) is 23.6 Å². The highest BCUT2D eigenvalue weighted by Gasteiger charge is 2.06. The predicted molar refractivity (Wildman–Crippen MR) is 87.7 cm³/mol. The lowest BCUT2D eigenvalue weighted by Crippen LogP contribution is -2.14. The smallest absolute Gasteiger partial charge is 0.232 e. The number of nitrogens with two attached hydrogens (primary N) is 1. The minimum atomic E-state index is -3.23. The summed E-state index contributed by atoms with van der Waals surface area (Å²) in [6, 6.07) is 14.8. The topological polar surface area (TPSA) is 84.2 Å². The van der Waals surface area contributed by atoms with Gasteiger partial charge < -0.3 is 11.1 Å². The Balaban J connectivity index is 1.98. The molecule has 2 aromatic carbocycles. The number of hydrogen-bond donors (Lipinski definition) is 3. The van der Waals surface area contributed by atoms with Crippen LogP contribution in [0.2, 0.25) is 0 Å². The van der Waals surface area contributed by atoms with Gasteiger partial charge in [-0.1, -0.05) is 18.2 Å². The number of rotatable bonds is 6. The van der Waals surface area contributed by atoms with Gasteiger partial charge in [0.25, 0.3) is 0 Å². The monoisotopic (exact) mass is 305 g/mol. The molecule has 6 heteroatoms. The second-order valence-electron chi connectivity index (χ2n) is 4.64. The van der Waals surface area contributed by atoms with Crippen LogP contribution in [0.1, 0.15) is 12.5 Å². The Morgan fingerprint density at radius 2 is 1.62 bits per heavy atom. The van der Waals surface area contributed by atoms with E-state index in [4.69, 9.17) is 5.73 Å². The Bertz CT molecular complexity index is 697. The molecule has 112 valence electrons. The van der Waals surface area contributed by atoms with Crippen molar-refractivity contribution >= 4 is 27.1 Å². The third-order valence-corrected chi connectivity index (χ3v) is 4.38. The van der Waals surface area contributed by atoms with Crippen molar-refractivity contribution in [1.82, 2.24) is 0 Å². The van der Waals surface area contributed by atoms with Crippen LogP contribution in [-0.4, -0.2) is 14.2 Å². The maximum Gasteiger partial charge on any atom is 0.232 e. The van der Waals surface area contributed by atoms with Crippen molar-refractivity contribution < 1.29 is 8.42 Å². The first-order chi connectivity index (χ1) is 10.00. The van der Waals surface area contributed by atoms with Crippen LogP contribution < -0.4 is 15.8 Å². The average Bonchev–Trinajstić information content (AvgIpc) is 2.48. The molecule has 0 radical (unpaired) electrons. The van der Waals surface area contributed by atoms with E-state index < -0.39 is 10.0 Å². The van der Waals surface area contributed by atoms with E-state index in [9.17, 15) is 8.42 Å². The van der Waals surface area contributed by atoms with Crippen molar-refractivity contribution in [3.8, 4) is 0 Å². The van der Waals surface area contributed by atoms with Crippen LogP contribution in [0.3, 0.4) is 0 Å². The van der Waals surface area contributed by atoms with Gasteiger partial charge in [-0.2, -0.15) is 0 Å². The van der Waals surface area contributed by atoms with Crippen molar-refractivity contribution in [3.63, 3.8) is 0 Å². The molecule has 0 aliphatic carbocycles. The molecule has 2 rings (SSSR count). The first-order valence-corrected chi connectivity index (χ1v) is 8.33. The largest absolute Gasteiger partial charge is 0.398 e. The first kappa shape index (κ1) is 15.2. The normalized spacial score (nSPS) is 11.1. The van der Waals surface area contributed by atoms with Gasteiger partial charge in [-0.3, -0.25) is 4.72 Å². The van der Waals surface area contributed by atoms with Gasteiger partial charge in [0.05, 0.1) is 5.75 Å². The molecule has 0 aromatic heterocycles. The molecular formula is C15H19N3O2S. The number of benzene rings is 2. The minimum Gasteiger partial charge on any atom is -0.398 e. The molecule has 4 N–H and O–H groups in total. The molecule has 2 aromatic rings. The van der Waals surface area contributed by atoms with E-state index >= 15 is 0 Å². The third kappa shape index (κ3) is 4.39. The quantitative estimate of drug-likeness (QED) is 0.716. The molecule has 0 unspecified atom stereocenters. The Morgan fingerprint density at radius 1 is 1.00 bits per heavy atom. The van der Waals surface area contributed by atoms with E-state index in [2.05, 4.69) is 10.0 Å². The first-order valence-electron chi connectivity index (χ1n) is 6.68. The summed E-state index contributed by atoms with van der Waals surface area (Å²) in [6.07, 6.45) is 0. The summed E-state index contributed by atoms with van der Waals surface area (Å²) in [7, 11) is -3.23. The van der Waals surface area contributed by atoms with Crippen LogP contribution in [0.5, 0.6) is 0 Å². The molecular weight excluding hydrogens is 286 g/mol. The highest BCUT2D eigenvalue weighted by atomic mass is 32.2. The zero-order valence-corrected chi connectivity index (χ0v) is 12.7. The minimum absolute atomic E-state index is 0.0558. The van der Waals surface area contributed by atoms with Gasteiger partial charge in [0.15, 0.2) is 0 Å². The number of sulfonamides is 1. The standard InChI is InChI=1S/C15H19N3O2S/c1-2-21(19,20)18-14-9-7-13(8-10-14)17-11-12-5-3-4-6-15(12)16/h3-10,17-18H,2,11,16H2,1H3. The Kier molecular flexibility index (Phi) is 4.70. The maximum atomic E-state index is 11.5. The fraction of sp³-hybridized carbons (Fsp3) is 0.200. The van der Waals surface area contributed by atoms with E-state index in [1.807, 2.05) is 36.4 Å². The van der Waals surface area contributed by atoms with E-state index in [-0.39, 0.29) is 5.75 Å². The molecule has 0 fully saturated rings. The number of nitrogens with one attached hydrogen (secondary N) is 2. The lowest BCUT2D eigenvalue weighted by Gasteiger charge is -2.10. The molecule has 0 saturated carbocycles. The molecule has 5 nitrogen and oxygen atoms in total. The van der Waals surface area contributed by atoms with Crippen molar-refractivity contribution in [2.45, 2.75) is 13.5 Å². The third-order valence-electron chi connectivity index (χ3n) is 3.08. The summed E-state index contributed by atoms with van der Waals surface area (Å²) in [4.78, 5) is 0. The van der Waals surface area contributed by atoms with E-state index in [0.717, 1.165) is 16.9 Å². The average molecular weight is 305 g/mol. The second-order valence-corrected chi connectivity index (χ2v) is 6.65. The number of anilines is 3. The molecule has 0 heterocycles. The molecule has 0 saturated heterocycles. The molecule has 21 heavy (non-hydrogen) atoms. The number of nitrogen functional groups attached to an aromatic ring is 1. The van der Waals surface area contributed by atoms with Gasteiger partial charge in [0.2, 0.25) is 10.0 Å². The SMILES string of the molecule is CCS(=O)(=O)Nc1ccc(NCc2ccccc2N)cc1. The summed E-state index contributed by atoms with van der Waals surface area (Å²) < 4.78 is 25.4. The molecule has 0 atom stereocenters. The van der Waals surface area contributed by atoms with Gasteiger partial charge in [-0.05, 0) is 42.8 Å². The summed E-state index contributed by atoms with van der Waals surface area (Å²) in [5.41, 5.74) is 9.10. The molecule has 0 amide bonds. The van der Waals surface area contributed by atoms with Gasteiger partial charge in [0.1, 0.15) is 0 Å². The van der Waals surface area contributed by atoms with Crippen molar-refractivity contribution in [1.29, 1.82) is 0 Å². The van der Waals surface area contributed by atoms with Crippen LogP contribution >= 0.6 is 0 Å². The van der Waals surface area contributed by atoms with E-state index in [0.29, 0.717) is 12.2 Å². The lowest BCUT2D eigenvalue weighted by molar-refractivity contribution is 0.602. The Labute approximate surface area is 125 Å². The fourth-order valence-electron chi connectivity index (χ4n) is 1.80. The maximum absolute atomic E-state index is 11.5. The summed E-state index contributed by atoms with van der Waals surface area (Å²) >= 11 is 0. The molecule has 0 aliphatic heterocycles. The van der Waals surface area contributed by atoms with Crippen LogP contribution in [0.4, 0.5) is 17.1 Å². The second kappa shape index (κ2) is 6.49. The van der Waals surface area contributed by atoms with Crippen LogP contribution in [0.15, 0.2) is 48.5 Å². The highest BCUT2D eigenvalue weighted by molar-refractivity contribution is 7.92. The van der Waals surface area contributed by atoms with Gasteiger partial charge in [-0.25, -0.2) is 8.42 Å². The van der Waals surface area contributed by atoms with Crippen LogP contribution in [-0.2, 0) is 16.6 Å². The van der Waals surface area contributed by atoms with E-state index in [1.54, 1.807) is 19.1 Å². The summed E-state index contributed by atoms with van der Waals surface area (Å²) in [6.45, 7) is 2.22.